The molecule has 0 bridgehead atoms. The van der Waals surface area contributed by atoms with E-state index in [1.807, 2.05) is 0 Å². The van der Waals surface area contributed by atoms with Crippen LogP contribution >= 0.6 is 11.6 Å². The van der Waals surface area contributed by atoms with E-state index in [0.717, 1.165) is 6.07 Å². The summed E-state index contributed by atoms with van der Waals surface area (Å²) in [6.45, 7) is 0.637. The molecule has 0 saturated carbocycles. The third-order valence-corrected chi connectivity index (χ3v) is 7.65. The summed E-state index contributed by atoms with van der Waals surface area (Å²) in [4.78, 5) is 30.4. The number of pyridine rings is 1. The van der Waals surface area contributed by atoms with E-state index in [0.29, 0.717) is 65.5 Å². The number of piperidine rings is 1. The zero-order valence-corrected chi connectivity index (χ0v) is 25.7. The minimum Gasteiger partial charge on any atom is -0.493 e. The van der Waals surface area contributed by atoms with Crippen molar-refractivity contribution in [3.05, 3.63) is 72.4 Å². The minimum atomic E-state index is -4.66. The highest BCUT2D eigenvalue weighted by Gasteiger charge is 2.36. The summed E-state index contributed by atoms with van der Waals surface area (Å²) < 4.78 is 59.2. The molecule has 242 valence electrons. The van der Waals surface area contributed by atoms with Crippen LogP contribution in [0.2, 0.25) is 0 Å². The van der Waals surface area contributed by atoms with Crippen molar-refractivity contribution in [3.8, 4) is 23.0 Å². The predicted octanol–water partition coefficient (Wildman–Crippen LogP) is 7.03. The van der Waals surface area contributed by atoms with E-state index in [2.05, 4.69) is 20.9 Å². The van der Waals surface area contributed by atoms with Gasteiger partial charge in [0.2, 0.25) is 5.91 Å². The first-order chi connectivity index (χ1) is 22.1. The van der Waals surface area contributed by atoms with Crippen molar-refractivity contribution in [2.45, 2.75) is 25.1 Å². The number of alkyl halides is 4. The number of benzene rings is 3. The van der Waals surface area contributed by atoms with Crippen LogP contribution in [0.25, 0.3) is 10.9 Å². The van der Waals surface area contributed by atoms with Crippen LogP contribution in [0, 0.1) is 0 Å². The van der Waals surface area contributed by atoms with Gasteiger partial charge in [0.15, 0.2) is 11.5 Å². The highest BCUT2D eigenvalue weighted by molar-refractivity contribution is 6.27. The molecule has 1 aliphatic heterocycles. The Morgan fingerprint density at radius 2 is 1.63 bits per heavy atom. The van der Waals surface area contributed by atoms with E-state index in [1.165, 1.54) is 26.4 Å². The van der Waals surface area contributed by atoms with Gasteiger partial charge in [-0.3, -0.25) is 9.78 Å². The molecule has 5 rings (SSSR count). The van der Waals surface area contributed by atoms with Crippen molar-refractivity contribution in [1.82, 2.24) is 10.3 Å². The monoisotopic (exact) mass is 657 g/mol. The van der Waals surface area contributed by atoms with Gasteiger partial charge in [0.1, 0.15) is 17.4 Å². The first-order valence-electron chi connectivity index (χ1n) is 14.3. The molecule has 4 aromatic rings. The third kappa shape index (κ3) is 7.65. The van der Waals surface area contributed by atoms with Crippen LogP contribution < -0.4 is 35.1 Å². The average molecular weight is 658 g/mol. The maximum absolute atomic E-state index is 14.1. The van der Waals surface area contributed by atoms with E-state index in [9.17, 15) is 22.8 Å². The smallest absolute Gasteiger partial charge is 0.418 e. The molecular formula is C32H31ClF3N5O5. The van der Waals surface area contributed by atoms with E-state index in [4.69, 9.17) is 25.8 Å². The Morgan fingerprint density at radius 1 is 0.935 bits per heavy atom. The normalized spacial score (nSPS) is 13.7. The van der Waals surface area contributed by atoms with Crippen molar-refractivity contribution in [2.75, 3.05) is 48.7 Å². The lowest BCUT2D eigenvalue weighted by Crippen LogP contribution is -2.45. The van der Waals surface area contributed by atoms with Gasteiger partial charge in [-0.15, -0.1) is 11.6 Å². The van der Waals surface area contributed by atoms with Gasteiger partial charge in [0, 0.05) is 59.9 Å². The van der Waals surface area contributed by atoms with Crippen LogP contribution in [-0.4, -0.2) is 56.2 Å². The fourth-order valence-corrected chi connectivity index (χ4v) is 5.32. The van der Waals surface area contributed by atoms with Gasteiger partial charge >= 0.3 is 12.2 Å². The van der Waals surface area contributed by atoms with Gasteiger partial charge in [0.05, 0.1) is 25.3 Å². The lowest BCUT2D eigenvalue weighted by molar-refractivity contribution is -0.137. The standard InChI is InChI=1S/C32H31ClF3N5O5/c1-44-28-16-23-25(17-29(28)45-2)37-11-8-27(23)46-22-5-3-4-20(14-22)39-31(43)40-21-6-7-26(24(15-21)32(34,35)36)41-12-9-19(10-13-41)38-30(42)18-33/h3-8,11,14-17,19H,9-10,12-13,18H2,1-2H3,(H,38,42)(H2,39,40,43). The van der Waals surface area contributed by atoms with E-state index >= 15 is 0 Å². The first-order valence-corrected chi connectivity index (χ1v) is 14.8. The van der Waals surface area contributed by atoms with Crippen LogP contribution in [0.1, 0.15) is 18.4 Å². The molecule has 3 N–H and O–H groups in total. The fraction of sp³-hybridized carbons (Fsp3) is 0.281. The molecule has 0 radical (unpaired) electrons. The van der Waals surface area contributed by atoms with Crippen LogP contribution in [0.3, 0.4) is 0 Å². The second kappa shape index (κ2) is 14.0. The van der Waals surface area contributed by atoms with Gasteiger partial charge in [-0.2, -0.15) is 13.2 Å². The van der Waals surface area contributed by atoms with Gasteiger partial charge in [-0.25, -0.2) is 4.79 Å². The van der Waals surface area contributed by atoms with E-state index < -0.39 is 17.8 Å². The number of methoxy groups -OCH3 is 2. The Labute approximate surface area is 267 Å². The van der Waals surface area contributed by atoms with Gasteiger partial charge in [-0.05, 0) is 55.3 Å². The Balaban J connectivity index is 1.27. The number of anilines is 3. The molecule has 10 nitrogen and oxygen atoms in total. The SMILES string of the molecule is COc1cc2nccc(Oc3cccc(NC(=O)Nc4ccc(N5CCC(NC(=O)CCl)CC5)c(C(F)(F)F)c4)c3)c2cc1OC. The number of hydrogen-bond acceptors (Lipinski definition) is 7. The maximum atomic E-state index is 14.1. The molecular weight excluding hydrogens is 627 g/mol. The molecule has 2 heterocycles. The minimum absolute atomic E-state index is 0.00475. The zero-order valence-electron chi connectivity index (χ0n) is 24.9. The molecule has 1 aliphatic rings. The number of carbonyl (C=O) groups excluding carboxylic acids is 2. The maximum Gasteiger partial charge on any atom is 0.418 e. The number of halogens is 4. The summed E-state index contributed by atoms with van der Waals surface area (Å²) in [5, 5.41) is 8.56. The molecule has 1 aromatic heterocycles. The summed E-state index contributed by atoms with van der Waals surface area (Å²) in [7, 11) is 3.05. The topological polar surface area (TPSA) is 114 Å². The zero-order chi connectivity index (χ0) is 32.8. The molecule has 3 amide bonds. The van der Waals surface area contributed by atoms with E-state index in [-0.39, 0.29) is 29.2 Å². The molecule has 46 heavy (non-hydrogen) atoms. The van der Waals surface area contributed by atoms with Crippen LogP contribution in [0.5, 0.6) is 23.0 Å². The van der Waals surface area contributed by atoms with E-state index in [1.54, 1.807) is 53.6 Å². The number of nitrogens with zero attached hydrogens (tertiary/aromatic N) is 2. The number of urea groups is 1. The second-order valence-corrected chi connectivity index (χ2v) is 10.7. The van der Waals surface area contributed by atoms with Crippen LogP contribution in [0.15, 0.2) is 66.9 Å². The summed E-state index contributed by atoms with van der Waals surface area (Å²) in [5.74, 6) is 1.41. The lowest BCUT2D eigenvalue weighted by atomic mass is 10.0. The largest absolute Gasteiger partial charge is 0.493 e. The number of ether oxygens (including phenoxy) is 3. The summed E-state index contributed by atoms with van der Waals surface area (Å²) in [5.41, 5.74) is 0.0727. The number of fused-ring (bicyclic) bond motifs is 1. The molecule has 0 spiro atoms. The Morgan fingerprint density at radius 3 is 2.30 bits per heavy atom. The second-order valence-electron chi connectivity index (χ2n) is 10.4. The van der Waals surface area contributed by atoms with Crippen LogP contribution in [-0.2, 0) is 11.0 Å². The Bertz CT molecular complexity index is 1730. The number of carbonyl (C=O) groups is 2. The molecule has 14 heteroatoms. The molecule has 1 saturated heterocycles. The first kappa shape index (κ1) is 32.5. The Kier molecular flexibility index (Phi) is 9.90. The number of aromatic nitrogens is 1. The van der Waals surface area contributed by atoms with Gasteiger partial charge in [-0.1, -0.05) is 6.07 Å². The Hall–Kier alpha value is -4.91. The number of rotatable bonds is 9. The van der Waals surface area contributed by atoms with Gasteiger partial charge in [0.25, 0.3) is 0 Å². The van der Waals surface area contributed by atoms with Crippen molar-refractivity contribution in [1.29, 1.82) is 0 Å². The van der Waals surface area contributed by atoms with Crippen molar-refractivity contribution in [3.63, 3.8) is 0 Å². The molecule has 3 aromatic carbocycles. The highest BCUT2D eigenvalue weighted by atomic mass is 35.5. The molecule has 1 fully saturated rings. The average Bonchev–Trinajstić information content (AvgIpc) is 3.04. The predicted molar refractivity (Wildman–Crippen MR) is 170 cm³/mol. The van der Waals surface area contributed by atoms with Crippen molar-refractivity contribution < 1.29 is 37.0 Å². The quantitative estimate of drug-likeness (QED) is 0.166. The van der Waals surface area contributed by atoms with Crippen molar-refractivity contribution >= 4 is 51.5 Å². The summed E-state index contributed by atoms with van der Waals surface area (Å²) in [6.07, 6.45) is -2.12. The fourth-order valence-electron chi connectivity index (χ4n) is 5.24. The third-order valence-electron chi connectivity index (χ3n) is 7.41. The van der Waals surface area contributed by atoms with Crippen LogP contribution in [0.4, 0.5) is 35.0 Å². The summed E-state index contributed by atoms with van der Waals surface area (Å²) >= 11 is 5.54. The lowest BCUT2D eigenvalue weighted by Gasteiger charge is -2.35. The number of amides is 3. The molecule has 0 unspecified atom stereocenters. The summed E-state index contributed by atoms with van der Waals surface area (Å²) in [6, 6.07) is 14.5. The molecule has 0 aliphatic carbocycles. The number of hydrogen-bond donors (Lipinski definition) is 3. The van der Waals surface area contributed by atoms with Gasteiger partial charge < -0.3 is 35.1 Å². The molecule has 0 atom stereocenters. The van der Waals surface area contributed by atoms with Crippen molar-refractivity contribution in [2.24, 2.45) is 0 Å². The number of nitrogens with one attached hydrogen (secondary N) is 3. The highest BCUT2D eigenvalue weighted by Crippen LogP contribution is 2.40.